The first kappa shape index (κ1) is 14.2. The molecule has 0 amide bonds. The van der Waals surface area contributed by atoms with E-state index in [1.165, 1.54) is 25.0 Å². The fraction of sp³-hybridized carbons (Fsp3) is 0.786. The van der Waals surface area contributed by atoms with Gasteiger partial charge in [-0.2, -0.15) is 0 Å². The van der Waals surface area contributed by atoms with Gasteiger partial charge in [0.15, 0.2) is 0 Å². The second-order valence-electron chi connectivity index (χ2n) is 5.99. The highest BCUT2D eigenvalue weighted by Crippen LogP contribution is 2.25. The van der Waals surface area contributed by atoms with Gasteiger partial charge in [-0.3, -0.25) is 0 Å². The molecule has 0 saturated heterocycles. The molecule has 1 heterocycles. The zero-order chi connectivity index (χ0) is 12.9. The summed E-state index contributed by atoms with van der Waals surface area (Å²) in [6.07, 6.45) is 7.57. The van der Waals surface area contributed by atoms with Gasteiger partial charge in [-0.05, 0) is 24.8 Å². The summed E-state index contributed by atoms with van der Waals surface area (Å²) in [4.78, 5) is 4.20. The van der Waals surface area contributed by atoms with Crippen LogP contribution in [0.4, 0.5) is 0 Å². The molecule has 1 N–H and O–H groups in total. The van der Waals surface area contributed by atoms with Crippen LogP contribution >= 0.6 is 0 Å². The van der Waals surface area contributed by atoms with Crippen molar-refractivity contribution in [3.05, 3.63) is 18.2 Å². The molecule has 0 aromatic carbocycles. The lowest BCUT2D eigenvalue weighted by molar-refractivity contribution is 0.342. The van der Waals surface area contributed by atoms with Gasteiger partial charge in [0.2, 0.25) is 0 Å². The maximum atomic E-state index is 4.20. The van der Waals surface area contributed by atoms with Crippen molar-refractivity contribution in [2.75, 3.05) is 6.54 Å². The smallest absolute Gasteiger partial charge is 0.0946 e. The highest BCUT2D eigenvalue weighted by molar-refractivity contribution is 5.04. The molecule has 0 spiro atoms. The second kappa shape index (κ2) is 6.20. The topological polar surface area (TPSA) is 29.9 Å². The molecule has 0 aliphatic rings. The van der Waals surface area contributed by atoms with Gasteiger partial charge in [0.1, 0.15) is 0 Å². The van der Waals surface area contributed by atoms with Crippen LogP contribution in [0.3, 0.4) is 0 Å². The molecule has 98 valence electrons. The summed E-state index contributed by atoms with van der Waals surface area (Å²) in [5.74, 6) is 0. The van der Waals surface area contributed by atoms with Gasteiger partial charge in [-0.15, -0.1) is 0 Å². The molecule has 3 nitrogen and oxygen atoms in total. The molecule has 0 fully saturated rings. The zero-order valence-electron chi connectivity index (χ0n) is 12.0. The van der Waals surface area contributed by atoms with Crippen LogP contribution in [0.5, 0.6) is 0 Å². The normalized spacial score (nSPS) is 13.9. The summed E-state index contributed by atoms with van der Waals surface area (Å²) in [5.41, 5.74) is 1.73. The average Bonchev–Trinajstić information content (AvgIpc) is 2.61. The molecule has 1 aromatic rings. The number of aryl methyl sites for hydroxylation is 1. The third-order valence-electron chi connectivity index (χ3n) is 3.08. The van der Waals surface area contributed by atoms with E-state index in [1.807, 2.05) is 12.5 Å². The summed E-state index contributed by atoms with van der Waals surface area (Å²) in [6, 6.07) is 0.440. The Morgan fingerprint density at radius 3 is 2.59 bits per heavy atom. The molecule has 0 bridgehead atoms. The second-order valence-corrected chi connectivity index (χ2v) is 5.99. The van der Waals surface area contributed by atoms with Gasteiger partial charge >= 0.3 is 0 Å². The number of hydrogen-bond donors (Lipinski definition) is 1. The van der Waals surface area contributed by atoms with E-state index in [2.05, 4.69) is 49.6 Å². The van der Waals surface area contributed by atoms with E-state index < -0.39 is 0 Å². The number of rotatable bonds is 6. The molecule has 1 rings (SSSR count). The predicted octanol–water partition coefficient (Wildman–Crippen LogP) is 3.29. The Kier molecular flexibility index (Phi) is 5.19. The standard InChI is InChI=1S/C14H27N3/c1-6-16-12(8-7-9-14(2,3)4)13-10-15-11-17(13)5/h10-12,16H,6-9H2,1-5H3. The van der Waals surface area contributed by atoms with Crippen molar-refractivity contribution in [1.29, 1.82) is 0 Å². The molecular weight excluding hydrogens is 210 g/mol. The van der Waals surface area contributed by atoms with Gasteiger partial charge < -0.3 is 9.88 Å². The van der Waals surface area contributed by atoms with E-state index >= 15 is 0 Å². The summed E-state index contributed by atoms with van der Waals surface area (Å²) in [6.45, 7) is 10.1. The first-order valence-electron chi connectivity index (χ1n) is 6.63. The maximum Gasteiger partial charge on any atom is 0.0946 e. The summed E-state index contributed by atoms with van der Waals surface area (Å²) in [5, 5.41) is 3.55. The van der Waals surface area contributed by atoms with E-state index in [0.717, 1.165) is 6.54 Å². The first-order chi connectivity index (χ1) is 7.94. The maximum absolute atomic E-state index is 4.20. The summed E-state index contributed by atoms with van der Waals surface area (Å²) >= 11 is 0. The Morgan fingerprint density at radius 1 is 1.41 bits per heavy atom. The average molecular weight is 237 g/mol. The van der Waals surface area contributed by atoms with Gasteiger partial charge in [0.25, 0.3) is 0 Å². The number of nitrogens with one attached hydrogen (secondary N) is 1. The monoisotopic (exact) mass is 237 g/mol. The van der Waals surface area contributed by atoms with Gasteiger partial charge in [-0.25, -0.2) is 4.98 Å². The van der Waals surface area contributed by atoms with Crippen molar-refractivity contribution < 1.29 is 0 Å². The van der Waals surface area contributed by atoms with Crippen LogP contribution in [0.1, 0.15) is 58.7 Å². The van der Waals surface area contributed by atoms with Crippen LogP contribution in [0, 0.1) is 5.41 Å². The molecule has 1 aromatic heterocycles. The molecule has 0 aliphatic heterocycles. The van der Waals surface area contributed by atoms with Gasteiger partial charge in [0.05, 0.1) is 12.0 Å². The molecule has 17 heavy (non-hydrogen) atoms. The highest BCUT2D eigenvalue weighted by atomic mass is 15.1. The number of imidazole rings is 1. The molecule has 1 unspecified atom stereocenters. The minimum atomic E-state index is 0.434. The van der Waals surface area contributed by atoms with Crippen LogP contribution in [0.25, 0.3) is 0 Å². The van der Waals surface area contributed by atoms with E-state index in [4.69, 9.17) is 0 Å². The van der Waals surface area contributed by atoms with Gasteiger partial charge in [-0.1, -0.05) is 34.1 Å². The number of nitrogens with zero attached hydrogens (tertiary/aromatic N) is 2. The quantitative estimate of drug-likeness (QED) is 0.823. The molecule has 3 heteroatoms. The SMILES string of the molecule is CCNC(CCCC(C)(C)C)c1cncn1C. The van der Waals surface area contributed by atoms with Crippen molar-refractivity contribution in [2.45, 2.75) is 53.0 Å². The van der Waals surface area contributed by atoms with Crippen LogP contribution in [0.15, 0.2) is 12.5 Å². The van der Waals surface area contributed by atoms with E-state index in [-0.39, 0.29) is 0 Å². The molecular formula is C14H27N3. The minimum Gasteiger partial charge on any atom is -0.336 e. The largest absolute Gasteiger partial charge is 0.336 e. The molecule has 0 aliphatic carbocycles. The van der Waals surface area contributed by atoms with Crippen molar-refractivity contribution in [2.24, 2.45) is 12.5 Å². The van der Waals surface area contributed by atoms with Crippen molar-refractivity contribution in [3.8, 4) is 0 Å². The van der Waals surface area contributed by atoms with Crippen molar-refractivity contribution in [1.82, 2.24) is 14.9 Å². The lowest BCUT2D eigenvalue weighted by Crippen LogP contribution is -2.23. The summed E-state index contributed by atoms with van der Waals surface area (Å²) < 4.78 is 2.12. The van der Waals surface area contributed by atoms with Crippen LogP contribution in [-0.2, 0) is 7.05 Å². The summed E-state index contributed by atoms with van der Waals surface area (Å²) in [7, 11) is 2.07. The Labute approximate surface area is 106 Å². The van der Waals surface area contributed by atoms with E-state index in [1.54, 1.807) is 0 Å². The fourth-order valence-corrected chi connectivity index (χ4v) is 2.14. The third kappa shape index (κ3) is 4.90. The number of aromatic nitrogens is 2. The van der Waals surface area contributed by atoms with E-state index in [0.29, 0.717) is 11.5 Å². The first-order valence-corrected chi connectivity index (χ1v) is 6.63. The minimum absolute atomic E-state index is 0.434. The van der Waals surface area contributed by atoms with Crippen LogP contribution < -0.4 is 5.32 Å². The Bertz CT molecular complexity index is 322. The molecule has 1 atom stereocenters. The number of hydrogen-bond acceptors (Lipinski definition) is 2. The van der Waals surface area contributed by atoms with Crippen LogP contribution in [-0.4, -0.2) is 16.1 Å². The predicted molar refractivity (Wildman–Crippen MR) is 72.9 cm³/mol. The molecule has 0 saturated carbocycles. The highest BCUT2D eigenvalue weighted by Gasteiger charge is 2.16. The van der Waals surface area contributed by atoms with Crippen molar-refractivity contribution >= 4 is 0 Å². The van der Waals surface area contributed by atoms with E-state index in [9.17, 15) is 0 Å². The van der Waals surface area contributed by atoms with Crippen LogP contribution in [0.2, 0.25) is 0 Å². The zero-order valence-corrected chi connectivity index (χ0v) is 12.0. The Morgan fingerprint density at radius 2 is 2.12 bits per heavy atom. The Hall–Kier alpha value is -0.830. The lowest BCUT2D eigenvalue weighted by Gasteiger charge is -2.22. The van der Waals surface area contributed by atoms with Gasteiger partial charge in [0, 0.05) is 19.3 Å². The molecule has 0 radical (unpaired) electrons. The van der Waals surface area contributed by atoms with Crippen molar-refractivity contribution in [3.63, 3.8) is 0 Å². The Balaban J connectivity index is 2.53. The fourth-order valence-electron chi connectivity index (χ4n) is 2.14. The third-order valence-corrected chi connectivity index (χ3v) is 3.08. The lowest BCUT2D eigenvalue weighted by atomic mass is 9.88.